The van der Waals surface area contributed by atoms with Crippen molar-refractivity contribution in [1.82, 2.24) is 0 Å². The maximum Gasteiger partial charge on any atom is 0.263 e. The van der Waals surface area contributed by atoms with Gasteiger partial charge in [-0.3, -0.25) is 4.72 Å². The summed E-state index contributed by atoms with van der Waals surface area (Å²) in [5.74, 6) is 0. The molecule has 0 atom stereocenters. The van der Waals surface area contributed by atoms with Crippen molar-refractivity contribution in [2.24, 2.45) is 0 Å². The minimum absolute atomic E-state index is 0.305. The Morgan fingerprint density at radius 3 is 2.50 bits per heavy atom. The molecule has 1 aromatic heterocycles. The van der Waals surface area contributed by atoms with Gasteiger partial charge < -0.3 is 0 Å². The molecule has 0 unspecified atom stereocenters. The lowest BCUT2D eigenvalue weighted by Crippen LogP contribution is -2.12. The summed E-state index contributed by atoms with van der Waals surface area (Å²) in [6, 6.07) is 8.65. The Hall–Kier alpha value is -0.370. The van der Waals surface area contributed by atoms with Gasteiger partial charge in [0.25, 0.3) is 10.0 Å². The number of thiophene rings is 1. The zero-order valence-corrected chi connectivity index (χ0v) is 14.1. The van der Waals surface area contributed by atoms with Crippen molar-refractivity contribution in [2.45, 2.75) is 11.8 Å². The second kappa shape index (κ2) is 5.32. The van der Waals surface area contributed by atoms with Crippen LogP contribution in [0.25, 0.3) is 0 Å². The first-order valence-electron chi connectivity index (χ1n) is 4.93. The smallest absolute Gasteiger partial charge is 0.263 e. The van der Waals surface area contributed by atoms with Crippen LogP contribution < -0.4 is 4.72 Å². The Kier molecular flexibility index (Phi) is 4.15. The van der Waals surface area contributed by atoms with Crippen LogP contribution in [0.15, 0.2) is 43.5 Å². The third-order valence-corrected chi connectivity index (χ3v) is 5.89. The molecule has 1 heterocycles. The van der Waals surface area contributed by atoms with Crippen molar-refractivity contribution < 1.29 is 8.42 Å². The second-order valence-corrected chi connectivity index (χ2v) is 8.79. The zero-order chi connectivity index (χ0) is 13.3. The third kappa shape index (κ3) is 3.14. The van der Waals surface area contributed by atoms with Crippen molar-refractivity contribution in [3.8, 4) is 0 Å². The molecule has 18 heavy (non-hydrogen) atoms. The second-order valence-electron chi connectivity index (χ2n) is 3.59. The number of anilines is 1. The quantitative estimate of drug-likeness (QED) is 0.815. The summed E-state index contributed by atoms with van der Waals surface area (Å²) < 4.78 is 28.6. The van der Waals surface area contributed by atoms with Crippen molar-refractivity contribution >= 4 is 58.9 Å². The average Bonchev–Trinajstić information content (AvgIpc) is 2.58. The van der Waals surface area contributed by atoms with Crippen LogP contribution in [-0.2, 0) is 10.0 Å². The molecule has 96 valence electrons. The molecule has 0 bridgehead atoms. The summed E-state index contributed by atoms with van der Waals surface area (Å²) in [4.78, 5) is 1.06. The summed E-state index contributed by atoms with van der Waals surface area (Å²) in [6.07, 6.45) is 0. The number of halogens is 2. The highest BCUT2D eigenvalue weighted by Crippen LogP contribution is 2.31. The van der Waals surface area contributed by atoms with Crippen molar-refractivity contribution in [3.63, 3.8) is 0 Å². The molecule has 0 aliphatic rings. The van der Waals surface area contributed by atoms with E-state index in [9.17, 15) is 8.42 Å². The van der Waals surface area contributed by atoms with Gasteiger partial charge in [-0.1, -0.05) is 22.0 Å². The SMILES string of the molecule is Cc1sc(Br)cc1S(=O)(=O)Nc1cccc(Br)c1. The molecule has 0 spiro atoms. The van der Waals surface area contributed by atoms with E-state index in [0.717, 1.165) is 13.1 Å². The average molecular weight is 411 g/mol. The Balaban J connectivity index is 2.36. The number of rotatable bonds is 3. The van der Waals surface area contributed by atoms with Crippen LogP contribution in [0.5, 0.6) is 0 Å². The Morgan fingerprint density at radius 2 is 1.94 bits per heavy atom. The van der Waals surface area contributed by atoms with Crippen LogP contribution >= 0.6 is 43.2 Å². The van der Waals surface area contributed by atoms with E-state index >= 15 is 0 Å². The van der Waals surface area contributed by atoms with Crippen molar-refractivity contribution in [2.75, 3.05) is 4.72 Å². The van der Waals surface area contributed by atoms with Gasteiger partial charge >= 0.3 is 0 Å². The first-order valence-corrected chi connectivity index (χ1v) is 8.81. The molecule has 0 radical (unpaired) electrons. The van der Waals surface area contributed by atoms with Gasteiger partial charge in [-0.25, -0.2) is 8.42 Å². The Bertz CT molecular complexity index is 680. The van der Waals surface area contributed by atoms with Gasteiger partial charge in [0.2, 0.25) is 0 Å². The highest BCUT2D eigenvalue weighted by Gasteiger charge is 2.19. The molecule has 3 nitrogen and oxygen atoms in total. The van der Waals surface area contributed by atoms with Gasteiger partial charge in [0.05, 0.1) is 3.79 Å². The predicted octanol–water partition coefficient (Wildman–Crippen LogP) is 4.38. The fraction of sp³-hybridized carbons (Fsp3) is 0.0909. The van der Waals surface area contributed by atoms with Crippen LogP contribution in [0.4, 0.5) is 5.69 Å². The number of sulfonamides is 1. The van der Waals surface area contributed by atoms with Gasteiger partial charge in [-0.2, -0.15) is 0 Å². The van der Waals surface area contributed by atoms with E-state index < -0.39 is 10.0 Å². The fourth-order valence-corrected chi connectivity index (χ4v) is 5.32. The molecule has 0 saturated heterocycles. The normalized spacial score (nSPS) is 11.5. The van der Waals surface area contributed by atoms with E-state index in [1.165, 1.54) is 11.3 Å². The summed E-state index contributed by atoms with van der Waals surface area (Å²) in [5.41, 5.74) is 0.533. The number of nitrogens with one attached hydrogen (secondary N) is 1. The van der Waals surface area contributed by atoms with Gasteiger partial charge in [0.1, 0.15) is 4.90 Å². The molecule has 0 fully saturated rings. The zero-order valence-electron chi connectivity index (χ0n) is 9.28. The first kappa shape index (κ1) is 14.0. The Labute approximate surface area is 127 Å². The van der Waals surface area contributed by atoms with E-state index in [1.54, 1.807) is 31.2 Å². The monoisotopic (exact) mass is 409 g/mol. The van der Waals surface area contributed by atoms with E-state index in [1.807, 2.05) is 6.07 Å². The minimum Gasteiger partial charge on any atom is -0.280 e. The predicted molar refractivity (Wildman–Crippen MR) is 81.7 cm³/mol. The lowest BCUT2D eigenvalue weighted by Gasteiger charge is -2.07. The van der Waals surface area contributed by atoms with E-state index in [-0.39, 0.29) is 0 Å². The molecule has 0 aliphatic heterocycles. The summed E-state index contributed by atoms with van der Waals surface area (Å²) >= 11 is 7.99. The van der Waals surface area contributed by atoms with Crippen LogP contribution in [0.3, 0.4) is 0 Å². The fourth-order valence-electron chi connectivity index (χ4n) is 1.46. The van der Waals surface area contributed by atoms with Gasteiger partial charge in [-0.15, -0.1) is 11.3 Å². The molecule has 0 aliphatic carbocycles. The van der Waals surface area contributed by atoms with Gasteiger partial charge in [0, 0.05) is 15.0 Å². The molecule has 7 heteroatoms. The number of hydrogen-bond donors (Lipinski definition) is 1. The molecule has 0 saturated carbocycles. The Morgan fingerprint density at radius 1 is 1.22 bits per heavy atom. The lowest BCUT2D eigenvalue weighted by atomic mass is 10.3. The van der Waals surface area contributed by atoms with Gasteiger partial charge in [0.15, 0.2) is 0 Å². The van der Waals surface area contributed by atoms with E-state index in [4.69, 9.17) is 0 Å². The highest BCUT2D eigenvalue weighted by atomic mass is 79.9. The summed E-state index contributed by atoms with van der Waals surface area (Å²) in [7, 11) is -3.53. The van der Waals surface area contributed by atoms with Crippen LogP contribution in [0.1, 0.15) is 4.88 Å². The van der Waals surface area contributed by atoms with Crippen LogP contribution in [0, 0.1) is 6.92 Å². The number of hydrogen-bond acceptors (Lipinski definition) is 3. The van der Waals surface area contributed by atoms with Crippen molar-refractivity contribution in [1.29, 1.82) is 0 Å². The summed E-state index contributed by atoms with van der Waals surface area (Å²) in [6.45, 7) is 1.78. The molecule has 2 aromatic rings. The third-order valence-electron chi connectivity index (χ3n) is 2.21. The van der Waals surface area contributed by atoms with E-state index in [0.29, 0.717) is 10.6 Å². The topological polar surface area (TPSA) is 46.2 Å². The highest BCUT2D eigenvalue weighted by molar-refractivity contribution is 9.11. The maximum absolute atomic E-state index is 12.2. The number of aryl methyl sites for hydroxylation is 1. The molecular formula is C11H9Br2NO2S2. The molecule has 2 rings (SSSR count). The van der Waals surface area contributed by atoms with Crippen molar-refractivity contribution in [3.05, 3.63) is 43.5 Å². The van der Waals surface area contributed by atoms with E-state index in [2.05, 4.69) is 36.6 Å². The van der Waals surface area contributed by atoms with Crippen LogP contribution in [-0.4, -0.2) is 8.42 Å². The largest absolute Gasteiger partial charge is 0.280 e. The molecule has 1 N–H and O–H groups in total. The van der Waals surface area contributed by atoms with Gasteiger partial charge in [-0.05, 0) is 47.1 Å². The standard InChI is InChI=1S/C11H9Br2NO2S2/c1-7-10(6-11(13)17-7)18(15,16)14-9-4-2-3-8(12)5-9/h2-6,14H,1H3. The minimum atomic E-state index is -3.53. The first-order chi connectivity index (χ1) is 8.38. The number of benzene rings is 1. The van der Waals surface area contributed by atoms with Crippen LogP contribution in [0.2, 0.25) is 0 Å². The summed E-state index contributed by atoms with van der Waals surface area (Å²) in [5, 5.41) is 0. The molecular weight excluding hydrogens is 402 g/mol. The lowest BCUT2D eigenvalue weighted by molar-refractivity contribution is 0.601. The molecule has 0 amide bonds. The molecule has 1 aromatic carbocycles. The maximum atomic E-state index is 12.2.